The second-order valence-corrected chi connectivity index (χ2v) is 7.51. The predicted octanol–water partition coefficient (Wildman–Crippen LogP) is 3.26. The number of piperazine rings is 1. The number of rotatable bonds is 2. The molecule has 1 aromatic rings. The lowest BCUT2D eigenvalue weighted by molar-refractivity contribution is -0.384. The fourth-order valence-corrected chi connectivity index (χ4v) is 3.16. The normalized spacial score (nSPS) is 15.5. The van der Waals surface area contributed by atoms with Crippen molar-refractivity contribution in [3.8, 4) is 0 Å². The summed E-state index contributed by atoms with van der Waals surface area (Å²) < 4.78 is 6.21. The summed E-state index contributed by atoms with van der Waals surface area (Å²) in [6.07, 6.45) is -0.296. The largest absolute Gasteiger partial charge is 0.444 e. The van der Waals surface area contributed by atoms with Crippen molar-refractivity contribution in [2.75, 3.05) is 31.1 Å². The van der Waals surface area contributed by atoms with Gasteiger partial charge in [0.25, 0.3) is 5.69 Å². The first-order valence-corrected chi connectivity index (χ1v) is 8.42. The van der Waals surface area contributed by atoms with Crippen molar-refractivity contribution in [2.24, 2.45) is 0 Å². The number of anilines is 1. The van der Waals surface area contributed by atoms with Gasteiger partial charge in [-0.15, -0.1) is 0 Å². The molecule has 0 bridgehead atoms. The first-order chi connectivity index (χ1) is 10.7. The Kier molecular flexibility index (Phi) is 5.33. The van der Waals surface area contributed by atoms with E-state index in [-0.39, 0.29) is 11.8 Å². The van der Waals surface area contributed by atoms with Gasteiger partial charge in [0.1, 0.15) is 5.60 Å². The fraction of sp³-hybridized carbons (Fsp3) is 0.533. The van der Waals surface area contributed by atoms with Crippen LogP contribution in [0.15, 0.2) is 18.2 Å². The van der Waals surface area contributed by atoms with Crippen molar-refractivity contribution in [3.63, 3.8) is 0 Å². The molecule has 0 atom stereocenters. The first kappa shape index (κ1) is 17.8. The summed E-state index contributed by atoms with van der Waals surface area (Å²) in [6.45, 7) is 8.03. The number of nitro benzene ring substituents is 1. The lowest BCUT2D eigenvalue weighted by atomic mass is 10.2. The Labute approximate surface area is 148 Å². The molecule has 1 aliphatic rings. The number of benzene rings is 1. The summed E-state index contributed by atoms with van der Waals surface area (Å²) in [5.74, 6) is 0. The molecule has 2 rings (SSSR count). The lowest BCUT2D eigenvalue weighted by Gasteiger charge is -2.37. The highest BCUT2D eigenvalue weighted by Crippen LogP contribution is 2.27. The smallest absolute Gasteiger partial charge is 0.410 e. The molecule has 23 heavy (non-hydrogen) atoms. The Hall–Kier alpha value is -1.58. The molecule has 0 aromatic heterocycles. The minimum atomic E-state index is -0.498. The Morgan fingerprint density at radius 2 is 1.87 bits per heavy atom. The Balaban J connectivity index is 1.99. The predicted molar refractivity (Wildman–Crippen MR) is 95.8 cm³/mol. The summed E-state index contributed by atoms with van der Waals surface area (Å²) in [5, 5.41) is 10.8. The van der Waals surface area contributed by atoms with Gasteiger partial charge < -0.3 is 14.5 Å². The number of nitro groups is 1. The summed E-state index contributed by atoms with van der Waals surface area (Å²) in [7, 11) is 0. The van der Waals surface area contributed by atoms with E-state index in [9.17, 15) is 14.9 Å². The monoisotopic (exact) mass is 433 g/mol. The van der Waals surface area contributed by atoms with Gasteiger partial charge in [-0.1, -0.05) is 0 Å². The highest BCUT2D eigenvalue weighted by Gasteiger charge is 2.26. The molecule has 0 unspecified atom stereocenters. The van der Waals surface area contributed by atoms with E-state index in [1.54, 1.807) is 17.0 Å². The van der Waals surface area contributed by atoms with Crippen molar-refractivity contribution < 1.29 is 14.5 Å². The van der Waals surface area contributed by atoms with Gasteiger partial charge in [-0.25, -0.2) is 4.79 Å². The summed E-state index contributed by atoms with van der Waals surface area (Å²) in [6, 6.07) is 4.84. The Bertz CT molecular complexity index is 607. The third kappa shape index (κ3) is 4.69. The number of carbonyl (C=O) groups is 1. The standard InChI is InChI=1S/C15H20IN3O4/c1-15(2,3)23-14(20)18-8-6-17(7-9-18)13-5-4-11(19(21)22)10-12(13)16/h4-5,10H,6-9H2,1-3H3. The molecule has 0 radical (unpaired) electrons. The van der Waals surface area contributed by atoms with E-state index in [0.717, 1.165) is 9.26 Å². The topological polar surface area (TPSA) is 75.9 Å². The maximum absolute atomic E-state index is 12.1. The zero-order valence-corrected chi connectivity index (χ0v) is 15.6. The number of amides is 1. The molecule has 7 nitrogen and oxygen atoms in total. The molecule has 1 heterocycles. The first-order valence-electron chi connectivity index (χ1n) is 7.34. The molecular formula is C15H20IN3O4. The second kappa shape index (κ2) is 6.90. The zero-order valence-electron chi connectivity index (χ0n) is 13.4. The molecule has 126 valence electrons. The van der Waals surface area contributed by atoms with E-state index in [4.69, 9.17) is 4.74 Å². The molecular weight excluding hydrogens is 413 g/mol. The van der Waals surface area contributed by atoms with Gasteiger partial charge in [-0.2, -0.15) is 0 Å². The van der Waals surface area contributed by atoms with E-state index >= 15 is 0 Å². The quantitative estimate of drug-likeness (QED) is 0.407. The van der Waals surface area contributed by atoms with Crippen LogP contribution in [-0.2, 0) is 4.74 Å². The van der Waals surface area contributed by atoms with Crippen LogP contribution in [0.5, 0.6) is 0 Å². The van der Waals surface area contributed by atoms with Crippen LogP contribution in [0.3, 0.4) is 0 Å². The molecule has 8 heteroatoms. The number of hydrogen-bond donors (Lipinski definition) is 0. The average molecular weight is 433 g/mol. The minimum absolute atomic E-state index is 0.0885. The lowest BCUT2D eigenvalue weighted by Crippen LogP contribution is -2.50. The van der Waals surface area contributed by atoms with Crippen molar-refractivity contribution in [1.82, 2.24) is 4.90 Å². The van der Waals surface area contributed by atoms with Crippen LogP contribution < -0.4 is 4.90 Å². The van der Waals surface area contributed by atoms with Gasteiger partial charge in [0.15, 0.2) is 0 Å². The van der Waals surface area contributed by atoms with Gasteiger partial charge in [0, 0.05) is 41.9 Å². The molecule has 0 aliphatic carbocycles. The number of nitrogens with zero attached hydrogens (tertiary/aromatic N) is 3. The van der Waals surface area contributed by atoms with Crippen LogP contribution >= 0.6 is 22.6 Å². The molecule has 0 saturated carbocycles. The van der Waals surface area contributed by atoms with Gasteiger partial charge in [-0.05, 0) is 49.4 Å². The number of ether oxygens (including phenoxy) is 1. The molecule has 1 fully saturated rings. The Morgan fingerprint density at radius 1 is 1.26 bits per heavy atom. The molecule has 1 aromatic carbocycles. The van der Waals surface area contributed by atoms with Gasteiger partial charge in [0.05, 0.1) is 10.6 Å². The highest BCUT2D eigenvalue weighted by atomic mass is 127. The SMILES string of the molecule is CC(C)(C)OC(=O)N1CCN(c2ccc([N+](=O)[O-])cc2I)CC1. The third-order valence-electron chi connectivity index (χ3n) is 3.41. The van der Waals surface area contributed by atoms with Crippen LogP contribution in [0.4, 0.5) is 16.2 Å². The van der Waals surface area contributed by atoms with Crippen molar-refractivity contribution >= 4 is 40.1 Å². The van der Waals surface area contributed by atoms with E-state index in [0.29, 0.717) is 26.2 Å². The molecule has 1 saturated heterocycles. The molecule has 0 N–H and O–H groups in total. The number of hydrogen-bond acceptors (Lipinski definition) is 5. The van der Waals surface area contributed by atoms with Crippen LogP contribution in [0, 0.1) is 13.7 Å². The van der Waals surface area contributed by atoms with Gasteiger partial charge in [0.2, 0.25) is 0 Å². The number of non-ortho nitro benzene ring substituents is 1. The fourth-order valence-electron chi connectivity index (χ4n) is 2.32. The van der Waals surface area contributed by atoms with Crippen LogP contribution in [0.2, 0.25) is 0 Å². The van der Waals surface area contributed by atoms with Crippen LogP contribution in [0.25, 0.3) is 0 Å². The molecule has 0 spiro atoms. The molecule has 1 aliphatic heterocycles. The maximum Gasteiger partial charge on any atom is 0.410 e. The summed E-state index contributed by atoms with van der Waals surface area (Å²) >= 11 is 2.11. The van der Waals surface area contributed by atoms with Crippen LogP contribution in [-0.4, -0.2) is 47.7 Å². The zero-order chi connectivity index (χ0) is 17.2. The second-order valence-electron chi connectivity index (χ2n) is 6.35. The van der Waals surface area contributed by atoms with Crippen LogP contribution in [0.1, 0.15) is 20.8 Å². The maximum atomic E-state index is 12.1. The van der Waals surface area contributed by atoms with Gasteiger partial charge >= 0.3 is 6.09 Å². The van der Waals surface area contributed by atoms with Crippen molar-refractivity contribution in [1.29, 1.82) is 0 Å². The third-order valence-corrected chi connectivity index (χ3v) is 4.28. The number of carbonyl (C=O) groups excluding carboxylic acids is 1. The van der Waals surface area contributed by atoms with E-state index in [2.05, 4.69) is 27.5 Å². The van der Waals surface area contributed by atoms with E-state index in [1.807, 2.05) is 20.8 Å². The minimum Gasteiger partial charge on any atom is -0.444 e. The molecule has 1 amide bonds. The average Bonchev–Trinajstić information content (AvgIpc) is 2.45. The summed E-state index contributed by atoms with van der Waals surface area (Å²) in [5.41, 5.74) is 0.549. The van der Waals surface area contributed by atoms with Crippen molar-refractivity contribution in [2.45, 2.75) is 26.4 Å². The Morgan fingerprint density at radius 3 is 2.35 bits per heavy atom. The van der Waals surface area contributed by atoms with E-state index in [1.165, 1.54) is 6.07 Å². The van der Waals surface area contributed by atoms with Crippen molar-refractivity contribution in [3.05, 3.63) is 31.9 Å². The van der Waals surface area contributed by atoms with E-state index < -0.39 is 10.5 Å². The number of halogens is 1. The summed E-state index contributed by atoms with van der Waals surface area (Å²) in [4.78, 5) is 26.3. The highest BCUT2D eigenvalue weighted by molar-refractivity contribution is 14.1. The van der Waals surface area contributed by atoms with Gasteiger partial charge in [-0.3, -0.25) is 10.1 Å².